The van der Waals surface area contributed by atoms with Crippen molar-refractivity contribution in [2.75, 3.05) is 26.8 Å². The van der Waals surface area contributed by atoms with E-state index in [4.69, 9.17) is 4.74 Å². The van der Waals surface area contributed by atoms with Crippen molar-refractivity contribution in [2.24, 2.45) is 5.41 Å². The van der Waals surface area contributed by atoms with Gasteiger partial charge in [-0.3, -0.25) is 9.59 Å². The summed E-state index contributed by atoms with van der Waals surface area (Å²) in [7, 11) is 1.49. The Morgan fingerprint density at radius 3 is 2.55 bits per heavy atom. The Bertz CT molecular complexity index is 1040. The van der Waals surface area contributed by atoms with E-state index in [0.29, 0.717) is 25.1 Å². The number of ether oxygens (including phenoxy) is 1. The Labute approximate surface area is 169 Å². The number of fused-ring (bicyclic) bond motifs is 1. The third kappa shape index (κ3) is 3.51. The molecular weight excluding hydrogens is 368 g/mol. The molecular formula is C23H24N2O4. The molecule has 6 heteroatoms. The molecule has 1 aromatic heterocycles. The van der Waals surface area contributed by atoms with Crippen LogP contribution in [0.2, 0.25) is 0 Å². The highest BCUT2D eigenvalue weighted by Gasteiger charge is 2.46. The van der Waals surface area contributed by atoms with Gasteiger partial charge in [0.1, 0.15) is 5.41 Å². The Hall–Kier alpha value is -3.12. The highest BCUT2D eigenvalue weighted by molar-refractivity contribution is 6.07. The van der Waals surface area contributed by atoms with Gasteiger partial charge in [0.05, 0.1) is 12.2 Å². The quantitative estimate of drug-likeness (QED) is 0.699. The molecule has 29 heavy (non-hydrogen) atoms. The van der Waals surface area contributed by atoms with Crippen molar-refractivity contribution < 1.29 is 19.4 Å². The standard InChI is InChI=1S/C23H24N2O4/c1-29-16-23(22(27)28)11-12-24(15-23)21(26)19-14-25(13-17-7-3-2-4-8-17)20-10-6-5-9-18(19)20/h2-10,14H,11-13,15-16H2,1H3,(H,27,28). The number of para-hydroxylation sites is 1. The molecule has 3 aromatic rings. The molecule has 2 aromatic carbocycles. The Kier molecular flexibility index (Phi) is 5.11. The van der Waals surface area contributed by atoms with Gasteiger partial charge in [0.25, 0.3) is 5.91 Å². The smallest absolute Gasteiger partial charge is 0.313 e. The summed E-state index contributed by atoms with van der Waals surface area (Å²) in [4.78, 5) is 26.8. The summed E-state index contributed by atoms with van der Waals surface area (Å²) < 4.78 is 7.22. The number of carbonyl (C=O) groups is 2. The number of carbonyl (C=O) groups excluding carboxylic acids is 1. The average Bonchev–Trinajstić information content (AvgIpc) is 3.32. The number of carboxylic acid groups (broad SMARTS) is 1. The van der Waals surface area contributed by atoms with Crippen LogP contribution in [0.4, 0.5) is 0 Å². The molecule has 2 heterocycles. The number of methoxy groups -OCH3 is 1. The van der Waals surface area contributed by atoms with Crippen LogP contribution in [0.25, 0.3) is 10.9 Å². The lowest BCUT2D eigenvalue weighted by Crippen LogP contribution is -2.40. The number of hydrogen-bond donors (Lipinski definition) is 1. The fraction of sp³-hybridized carbons (Fsp3) is 0.304. The van der Waals surface area contributed by atoms with Gasteiger partial charge in [-0.2, -0.15) is 0 Å². The number of aromatic nitrogens is 1. The zero-order valence-electron chi connectivity index (χ0n) is 16.4. The number of rotatable bonds is 6. The van der Waals surface area contributed by atoms with Crippen molar-refractivity contribution >= 4 is 22.8 Å². The maximum absolute atomic E-state index is 13.3. The predicted molar refractivity (Wildman–Crippen MR) is 110 cm³/mol. The Morgan fingerprint density at radius 2 is 1.83 bits per heavy atom. The Balaban J connectivity index is 1.66. The molecule has 0 bridgehead atoms. The van der Waals surface area contributed by atoms with Crippen LogP contribution < -0.4 is 0 Å². The van der Waals surface area contributed by atoms with Gasteiger partial charge in [-0.05, 0) is 18.1 Å². The Morgan fingerprint density at radius 1 is 1.10 bits per heavy atom. The van der Waals surface area contributed by atoms with Crippen LogP contribution in [-0.2, 0) is 16.1 Å². The number of hydrogen-bond acceptors (Lipinski definition) is 3. The van der Waals surface area contributed by atoms with Crippen molar-refractivity contribution in [1.29, 1.82) is 0 Å². The molecule has 1 aliphatic rings. The maximum atomic E-state index is 13.3. The van der Waals surface area contributed by atoms with Crippen LogP contribution in [-0.4, -0.2) is 53.3 Å². The number of benzene rings is 2. The molecule has 1 unspecified atom stereocenters. The van der Waals surface area contributed by atoms with Crippen molar-refractivity contribution in [3.8, 4) is 0 Å². The zero-order valence-corrected chi connectivity index (χ0v) is 16.4. The van der Waals surface area contributed by atoms with Crippen molar-refractivity contribution in [3.05, 3.63) is 71.9 Å². The third-order valence-electron chi connectivity index (χ3n) is 5.73. The normalized spacial score (nSPS) is 19.0. The van der Waals surface area contributed by atoms with E-state index < -0.39 is 11.4 Å². The number of aliphatic carboxylic acids is 1. The molecule has 0 spiro atoms. The van der Waals surface area contributed by atoms with Gasteiger partial charge in [0.2, 0.25) is 0 Å². The SMILES string of the molecule is COCC1(C(=O)O)CCN(C(=O)c2cn(Cc3ccccc3)c3ccccc23)C1. The molecule has 1 saturated heterocycles. The summed E-state index contributed by atoms with van der Waals surface area (Å²) in [5.41, 5.74) is 1.71. The molecule has 1 aliphatic heterocycles. The molecule has 0 radical (unpaired) electrons. The van der Waals surface area contributed by atoms with E-state index in [1.54, 1.807) is 4.90 Å². The summed E-state index contributed by atoms with van der Waals surface area (Å²) in [6, 6.07) is 17.9. The lowest BCUT2D eigenvalue weighted by molar-refractivity contribution is -0.151. The van der Waals surface area contributed by atoms with Gasteiger partial charge in [-0.15, -0.1) is 0 Å². The lowest BCUT2D eigenvalue weighted by atomic mass is 9.88. The van der Waals surface area contributed by atoms with Crippen LogP contribution in [0.1, 0.15) is 22.3 Å². The fourth-order valence-electron chi connectivity index (χ4n) is 4.17. The minimum atomic E-state index is -1.03. The highest BCUT2D eigenvalue weighted by Crippen LogP contribution is 2.33. The molecule has 0 saturated carbocycles. The van der Waals surface area contributed by atoms with Crippen LogP contribution in [0.5, 0.6) is 0 Å². The predicted octanol–water partition coefficient (Wildman–Crippen LogP) is 3.25. The van der Waals surface area contributed by atoms with Crippen molar-refractivity contribution in [2.45, 2.75) is 13.0 Å². The summed E-state index contributed by atoms with van der Waals surface area (Å²) in [5, 5.41) is 10.6. The van der Waals surface area contributed by atoms with E-state index in [1.807, 2.05) is 48.7 Å². The van der Waals surface area contributed by atoms with Crippen LogP contribution in [0.3, 0.4) is 0 Å². The summed E-state index contributed by atoms with van der Waals surface area (Å²) in [5.74, 6) is -1.05. The number of amides is 1. The first-order chi connectivity index (χ1) is 14.0. The summed E-state index contributed by atoms with van der Waals surface area (Å²) >= 11 is 0. The second kappa shape index (κ2) is 7.72. The van der Waals surface area contributed by atoms with E-state index >= 15 is 0 Å². The van der Waals surface area contributed by atoms with Crippen molar-refractivity contribution in [3.63, 3.8) is 0 Å². The molecule has 1 amide bonds. The first-order valence-electron chi connectivity index (χ1n) is 9.67. The van der Waals surface area contributed by atoms with E-state index in [-0.39, 0.29) is 19.1 Å². The second-order valence-corrected chi connectivity index (χ2v) is 7.67. The van der Waals surface area contributed by atoms with Gasteiger partial charge in [-0.25, -0.2) is 0 Å². The van der Waals surface area contributed by atoms with Gasteiger partial charge < -0.3 is 19.3 Å². The minimum Gasteiger partial charge on any atom is -0.481 e. The first-order valence-corrected chi connectivity index (χ1v) is 9.67. The number of likely N-dealkylation sites (tertiary alicyclic amines) is 1. The molecule has 150 valence electrons. The molecule has 1 N–H and O–H groups in total. The van der Waals surface area contributed by atoms with E-state index in [1.165, 1.54) is 7.11 Å². The zero-order chi connectivity index (χ0) is 20.4. The van der Waals surface area contributed by atoms with Gasteiger partial charge in [-0.1, -0.05) is 48.5 Å². The van der Waals surface area contributed by atoms with Crippen LogP contribution in [0.15, 0.2) is 60.8 Å². The first kappa shape index (κ1) is 19.2. The maximum Gasteiger partial charge on any atom is 0.313 e. The van der Waals surface area contributed by atoms with E-state index in [9.17, 15) is 14.7 Å². The topological polar surface area (TPSA) is 71.8 Å². The fourth-order valence-corrected chi connectivity index (χ4v) is 4.17. The van der Waals surface area contributed by atoms with E-state index in [2.05, 4.69) is 16.7 Å². The monoisotopic (exact) mass is 392 g/mol. The van der Waals surface area contributed by atoms with Crippen LogP contribution >= 0.6 is 0 Å². The van der Waals surface area contributed by atoms with Crippen LogP contribution in [0, 0.1) is 5.41 Å². The van der Waals surface area contributed by atoms with Gasteiger partial charge in [0.15, 0.2) is 0 Å². The summed E-state index contributed by atoms with van der Waals surface area (Å²) in [6.45, 7) is 1.33. The summed E-state index contributed by atoms with van der Waals surface area (Å²) in [6.07, 6.45) is 2.28. The molecule has 0 aliphatic carbocycles. The highest BCUT2D eigenvalue weighted by atomic mass is 16.5. The van der Waals surface area contributed by atoms with E-state index in [0.717, 1.165) is 16.5 Å². The van der Waals surface area contributed by atoms with Crippen molar-refractivity contribution in [1.82, 2.24) is 9.47 Å². The molecule has 4 rings (SSSR count). The van der Waals surface area contributed by atoms with Gasteiger partial charge in [0, 0.05) is 43.8 Å². The average molecular weight is 392 g/mol. The second-order valence-electron chi connectivity index (χ2n) is 7.67. The number of carboxylic acids is 1. The minimum absolute atomic E-state index is 0.0991. The largest absolute Gasteiger partial charge is 0.481 e. The molecule has 1 atom stereocenters. The molecule has 1 fully saturated rings. The third-order valence-corrected chi connectivity index (χ3v) is 5.73. The number of nitrogens with zero attached hydrogens (tertiary/aromatic N) is 2. The van der Waals surface area contributed by atoms with Gasteiger partial charge >= 0.3 is 5.97 Å². The lowest BCUT2D eigenvalue weighted by Gasteiger charge is -2.23. The molecule has 6 nitrogen and oxygen atoms in total.